The van der Waals surface area contributed by atoms with E-state index in [1.165, 1.54) is 13.0 Å². The maximum Gasteiger partial charge on any atom is 0.338 e. The van der Waals surface area contributed by atoms with E-state index in [4.69, 9.17) is 0 Å². The number of aryl methyl sites for hydroxylation is 1. The van der Waals surface area contributed by atoms with Crippen LogP contribution in [0.15, 0.2) is 12.1 Å². The molecule has 0 amide bonds. The van der Waals surface area contributed by atoms with Crippen molar-refractivity contribution in [2.75, 3.05) is 6.61 Å². The van der Waals surface area contributed by atoms with Crippen molar-refractivity contribution >= 4 is 5.97 Å². The van der Waals surface area contributed by atoms with Gasteiger partial charge in [0.2, 0.25) is 5.95 Å². The second kappa shape index (κ2) is 5.70. The number of aromatic nitrogens is 1. The van der Waals surface area contributed by atoms with Crippen LogP contribution in [-0.4, -0.2) is 33.9 Å². The summed E-state index contributed by atoms with van der Waals surface area (Å²) in [4.78, 5) is 14.7. The van der Waals surface area contributed by atoms with Crippen LogP contribution in [0.2, 0.25) is 0 Å². The first-order valence-corrected chi connectivity index (χ1v) is 5.13. The minimum atomic E-state index is -1.71. The fraction of sp³-hybridized carbons (Fsp3) is 0.455. The Morgan fingerprint density at radius 3 is 2.71 bits per heavy atom. The average Bonchev–Trinajstić information content (AvgIpc) is 2.27. The normalized spacial score (nSPS) is 14.2. The zero-order valence-electron chi connectivity index (χ0n) is 9.55. The lowest BCUT2D eigenvalue weighted by Gasteiger charge is -2.17. The zero-order chi connectivity index (χ0) is 13.0. The average molecular weight is 243 g/mol. The van der Waals surface area contributed by atoms with Gasteiger partial charge in [0.25, 0.3) is 0 Å². The Balaban J connectivity index is 2.88. The number of carbonyl (C=O) groups excluding carboxylic acids is 1. The maximum absolute atomic E-state index is 12.7. The molecular weight excluding hydrogens is 229 g/mol. The summed E-state index contributed by atoms with van der Waals surface area (Å²) in [6.07, 6.45) is -3.19. The van der Waals surface area contributed by atoms with Gasteiger partial charge in [-0.3, -0.25) is 0 Å². The van der Waals surface area contributed by atoms with Crippen molar-refractivity contribution in [2.45, 2.75) is 26.1 Å². The molecule has 5 nitrogen and oxygen atoms in total. The van der Waals surface area contributed by atoms with Crippen LogP contribution in [0.25, 0.3) is 0 Å². The molecule has 1 rings (SSSR count). The minimum absolute atomic E-state index is 0.100. The number of nitrogens with zero attached hydrogens (tertiary/aromatic N) is 1. The third-order valence-corrected chi connectivity index (χ3v) is 2.24. The van der Waals surface area contributed by atoms with Crippen LogP contribution in [0.1, 0.15) is 24.3 Å². The number of pyridine rings is 1. The number of ether oxygens (including phenoxy) is 1. The first-order chi connectivity index (χ1) is 7.97. The number of halogens is 1. The molecular formula is C11H14FNO4. The van der Waals surface area contributed by atoms with Crippen LogP contribution < -0.4 is 0 Å². The van der Waals surface area contributed by atoms with Gasteiger partial charge in [0.05, 0.1) is 6.61 Å². The van der Waals surface area contributed by atoms with Gasteiger partial charge in [-0.2, -0.15) is 4.39 Å². The van der Waals surface area contributed by atoms with E-state index in [1.54, 1.807) is 6.92 Å². The Bertz CT molecular complexity index is 410. The summed E-state index contributed by atoms with van der Waals surface area (Å²) in [6.45, 7) is 3.16. The number of esters is 1. The van der Waals surface area contributed by atoms with E-state index in [-0.39, 0.29) is 17.9 Å². The molecule has 1 aromatic heterocycles. The predicted molar refractivity (Wildman–Crippen MR) is 56.5 cm³/mol. The van der Waals surface area contributed by atoms with Crippen molar-refractivity contribution in [1.29, 1.82) is 0 Å². The fourth-order valence-corrected chi connectivity index (χ4v) is 1.38. The molecule has 0 aromatic carbocycles. The Hall–Kier alpha value is -1.53. The van der Waals surface area contributed by atoms with Crippen molar-refractivity contribution in [2.24, 2.45) is 0 Å². The van der Waals surface area contributed by atoms with Crippen molar-refractivity contribution in [3.05, 3.63) is 29.3 Å². The molecule has 1 aromatic rings. The van der Waals surface area contributed by atoms with Crippen LogP contribution in [0.3, 0.4) is 0 Å². The highest BCUT2D eigenvalue weighted by Gasteiger charge is 2.28. The molecule has 0 spiro atoms. The molecule has 0 aliphatic carbocycles. The molecule has 2 atom stereocenters. The summed E-state index contributed by atoms with van der Waals surface area (Å²) in [7, 11) is 0. The Labute approximate surface area is 97.9 Å². The lowest BCUT2D eigenvalue weighted by atomic mass is 10.0. The van der Waals surface area contributed by atoms with Crippen LogP contribution in [0.4, 0.5) is 4.39 Å². The van der Waals surface area contributed by atoms with E-state index >= 15 is 0 Å². The van der Waals surface area contributed by atoms with E-state index in [0.29, 0.717) is 0 Å². The Kier molecular flexibility index (Phi) is 4.53. The third-order valence-electron chi connectivity index (χ3n) is 2.24. The highest BCUT2D eigenvalue weighted by atomic mass is 19.1. The second-order valence-corrected chi connectivity index (χ2v) is 3.45. The Morgan fingerprint density at radius 2 is 2.18 bits per heavy atom. The summed E-state index contributed by atoms with van der Waals surface area (Å²) < 4.78 is 17.3. The van der Waals surface area contributed by atoms with Crippen LogP contribution in [0, 0.1) is 12.9 Å². The van der Waals surface area contributed by atoms with Gasteiger partial charge in [-0.05, 0) is 26.0 Å². The van der Waals surface area contributed by atoms with Crippen molar-refractivity contribution in [3.63, 3.8) is 0 Å². The van der Waals surface area contributed by atoms with Crippen molar-refractivity contribution in [1.82, 2.24) is 4.98 Å². The molecule has 2 N–H and O–H groups in total. The number of rotatable bonds is 4. The summed E-state index contributed by atoms with van der Waals surface area (Å²) >= 11 is 0. The topological polar surface area (TPSA) is 79.7 Å². The second-order valence-electron chi connectivity index (χ2n) is 3.45. The number of carbonyl (C=O) groups is 1. The summed E-state index contributed by atoms with van der Waals surface area (Å²) in [6, 6.07) is 2.31. The molecule has 0 aliphatic heterocycles. The predicted octanol–water partition coefficient (Wildman–Crippen LogP) is 0.487. The van der Waals surface area contributed by atoms with Crippen LogP contribution in [0.5, 0.6) is 0 Å². The third kappa shape index (κ3) is 3.21. The molecule has 6 heteroatoms. The quantitative estimate of drug-likeness (QED) is 0.594. The van der Waals surface area contributed by atoms with E-state index in [1.807, 2.05) is 0 Å². The number of hydrogen-bond acceptors (Lipinski definition) is 5. The van der Waals surface area contributed by atoms with Gasteiger partial charge in [-0.15, -0.1) is 0 Å². The van der Waals surface area contributed by atoms with Gasteiger partial charge in [0, 0.05) is 11.3 Å². The minimum Gasteiger partial charge on any atom is -0.464 e. The van der Waals surface area contributed by atoms with Gasteiger partial charge in [-0.25, -0.2) is 9.78 Å². The molecule has 2 unspecified atom stereocenters. The summed E-state index contributed by atoms with van der Waals surface area (Å²) in [5, 5.41) is 19.3. The molecule has 0 aliphatic rings. The fourth-order valence-electron chi connectivity index (χ4n) is 1.38. The lowest BCUT2D eigenvalue weighted by molar-refractivity contribution is -0.159. The van der Waals surface area contributed by atoms with Crippen LogP contribution in [-0.2, 0) is 9.53 Å². The molecule has 1 heterocycles. The lowest BCUT2D eigenvalue weighted by Crippen LogP contribution is -2.30. The maximum atomic E-state index is 12.7. The first kappa shape index (κ1) is 13.5. The van der Waals surface area contributed by atoms with Crippen LogP contribution >= 0.6 is 0 Å². The standard InChI is InChI=1S/C11H14FNO4/c1-3-17-11(16)10(15)9(14)7-4-5-8(12)13-6(7)2/h4-5,9-10,14-15H,3H2,1-2H3. The molecule has 0 saturated heterocycles. The monoisotopic (exact) mass is 243 g/mol. The molecule has 0 radical (unpaired) electrons. The molecule has 0 saturated carbocycles. The first-order valence-electron chi connectivity index (χ1n) is 5.13. The summed E-state index contributed by atoms with van der Waals surface area (Å²) in [5.74, 6) is -1.62. The van der Waals surface area contributed by atoms with Gasteiger partial charge in [0.1, 0.15) is 6.10 Å². The van der Waals surface area contributed by atoms with E-state index in [0.717, 1.165) is 6.07 Å². The van der Waals surface area contributed by atoms with E-state index in [9.17, 15) is 19.4 Å². The number of aliphatic hydroxyl groups excluding tert-OH is 2. The van der Waals surface area contributed by atoms with E-state index in [2.05, 4.69) is 9.72 Å². The van der Waals surface area contributed by atoms with Gasteiger partial charge in [0.15, 0.2) is 6.10 Å². The molecule has 0 bridgehead atoms. The largest absolute Gasteiger partial charge is 0.464 e. The van der Waals surface area contributed by atoms with Gasteiger partial charge >= 0.3 is 5.97 Å². The number of hydrogen-bond donors (Lipinski definition) is 2. The smallest absolute Gasteiger partial charge is 0.338 e. The molecule has 94 valence electrons. The highest BCUT2D eigenvalue weighted by molar-refractivity contribution is 5.75. The Morgan fingerprint density at radius 1 is 1.53 bits per heavy atom. The number of aliphatic hydroxyl groups is 2. The van der Waals surface area contributed by atoms with Crippen molar-refractivity contribution in [3.8, 4) is 0 Å². The van der Waals surface area contributed by atoms with Gasteiger partial charge < -0.3 is 14.9 Å². The molecule has 17 heavy (non-hydrogen) atoms. The van der Waals surface area contributed by atoms with E-state index < -0.39 is 24.1 Å². The van der Waals surface area contributed by atoms with Gasteiger partial charge in [-0.1, -0.05) is 0 Å². The molecule has 0 fully saturated rings. The van der Waals surface area contributed by atoms with Crippen molar-refractivity contribution < 1.29 is 24.1 Å². The zero-order valence-corrected chi connectivity index (χ0v) is 9.55. The summed E-state index contributed by atoms with van der Waals surface area (Å²) in [5.41, 5.74) is 0.396. The SMILES string of the molecule is CCOC(=O)C(O)C(O)c1ccc(F)nc1C. The highest BCUT2D eigenvalue weighted by Crippen LogP contribution is 2.20.